The number of carbonyl (C=O) groups excluding carboxylic acids is 1. The molecule has 0 atom stereocenters. The van der Waals surface area contributed by atoms with Crippen LogP contribution in [0.5, 0.6) is 0 Å². The number of amides is 2. The molecular formula is C19H25N3O2. The van der Waals surface area contributed by atoms with Gasteiger partial charge in [0.1, 0.15) is 0 Å². The van der Waals surface area contributed by atoms with Crippen molar-refractivity contribution in [2.45, 2.75) is 19.7 Å². The third-order valence-electron chi connectivity index (χ3n) is 3.47. The minimum atomic E-state index is -0.215. The molecule has 0 spiro atoms. The molecule has 0 aliphatic rings. The fourth-order valence-electron chi connectivity index (χ4n) is 2.41. The van der Waals surface area contributed by atoms with E-state index in [0.29, 0.717) is 13.2 Å². The Morgan fingerprint density at radius 1 is 1.04 bits per heavy atom. The van der Waals surface area contributed by atoms with E-state index >= 15 is 0 Å². The Hall–Kier alpha value is -2.37. The van der Waals surface area contributed by atoms with Gasteiger partial charge >= 0.3 is 6.03 Å². The van der Waals surface area contributed by atoms with E-state index in [1.165, 1.54) is 5.56 Å². The number of rotatable bonds is 7. The predicted molar refractivity (Wildman–Crippen MR) is 96.8 cm³/mol. The predicted octanol–water partition coefficient (Wildman–Crippen LogP) is 3.22. The molecule has 0 saturated heterocycles. The number of hydrogen-bond donors (Lipinski definition) is 2. The molecule has 2 aromatic carbocycles. The lowest BCUT2D eigenvalue weighted by molar-refractivity contribution is 0.185. The quantitative estimate of drug-likeness (QED) is 0.821. The number of carbonyl (C=O) groups is 1. The zero-order valence-corrected chi connectivity index (χ0v) is 14.5. The average molecular weight is 327 g/mol. The largest absolute Gasteiger partial charge is 0.380 e. The first-order valence-electron chi connectivity index (χ1n) is 7.92. The zero-order valence-electron chi connectivity index (χ0n) is 14.5. The maximum atomic E-state index is 12.0. The average Bonchev–Trinajstić information content (AvgIpc) is 2.55. The number of methoxy groups -OCH3 is 1. The van der Waals surface area contributed by atoms with Crippen molar-refractivity contribution in [1.82, 2.24) is 10.2 Å². The van der Waals surface area contributed by atoms with Gasteiger partial charge in [0.15, 0.2) is 0 Å². The third kappa shape index (κ3) is 6.02. The van der Waals surface area contributed by atoms with Crippen molar-refractivity contribution in [2.24, 2.45) is 0 Å². The van der Waals surface area contributed by atoms with E-state index in [2.05, 4.69) is 27.7 Å². The Labute approximate surface area is 143 Å². The highest BCUT2D eigenvalue weighted by atomic mass is 16.5. The summed E-state index contributed by atoms with van der Waals surface area (Å²) >= 11 is 0. The molecule has 0 aliphatic carbocycles. The topological polar surface area (TPSA) is 53.6 Å². The van der Waals surface area contributed by atoms with E-state index in [1.54, 1.807) is 7.11 Å². The van der Waals surface area contributed by atoms with Crippen LogP contribution >= 0.6 is 0 Å². The molecule has 5 nitrogen and oxygen atoms in total. The van der Waals surface area contributed by atoms with Gasteiger partial charge in [0.25, 0.3) is 0 Å². The molecule has 0 radical (unpaired) electrons. The van der Waals surface area contributed by atoms with Crippen molar-refractivity contribution in [3.05, 3.63) is 65.2 Å². The van der Waals surface area contributed by atoms with E-state index in [4.69, 9.17) is 4.74 Å². The van der Waals surface area contributed by atoms with Crippen LogP contribution in [0.1, 0.15) is 16.7 Å². The lowest BCUT2D eigenvalue weighted by Crippen LogP contribution is -2.28. The summed E-state index contributed by atoms with van der Waals surface area (Å²) in [5.41, 5.74) is 4.14. The molecule has 2 aromatic rings. The Balaban J connectivity index is 1.84. The zero-order chi connectivity index (χ0) is 17.4. The number of urea groups is 1. The van der Waals surface area contributed by atoms with Crippen LogP contribution in [0.4, 0.5) is 10.5 Å². The molecule has 2 N–H and O–H groups in total. The maximum absolute atomic E-state index is 12.0. The second-order valence-corrected chi connectivity index (χ2v) is 6.00. The van der Waals surface area contributed by atoms with E-state index in [1.807, 2.05) is 50.5 Å². The molecule has 0 aliphatic heterocycles. The number of anilines is 1. The summed E-state index contributed by atoms with van der Waals surface area (Å²) in [5, 5.41) is 5.71. The molecule has 0 saturated carbocycles. The number of ether oxygens (including phenoxy) is 1. The number of nitrogens with zero attached hydrogens (tertiary/aromatic N) is 1. The second-order valence-electron chi connectivity index (χ2n) is 6.00. The van der Waals surface area contributed by atoms with Gasteiger partial charge in [-0.05, 0) is 42.9 Å². The van der Waals surface area contributed by atoms with Crippen LogP contribution in [0.3, 0.4) is 0 Å². The summed E-state index contributed by atoms with van der Waals surface area (Å²) in [5.74, 6) is 0. The SMILES string of the molecule is COCc1ccc(NC(=O)NCc2cccc(CN(C)C)c2)cc1. The highest BCUT2D eigenvalue weighted by Gasteiger charge is 2.03. The smallest absolute Gasteiger partial charge is 0.319 e. The van der Waals surface area contributed by atoms with Gasteiger partial charge in [0.2, 0.25) is 0 Å². The summed E-state index contributed by atoms with van der Waals surface area (Å²) < 4.78 is 5.07. The van der Waals surface area contributed by atoms with Crippen molar-refractivity contribution >= 4 is 11.7 Å². The van der Waals surface area contributed by atoms with Crippen molar-refractivity contribution in [1.29, 1.82) is 0 Å². The fraction of sp³-hybridized carbons (Fsp3) is 0.316. The highest BCUT2D eigenvalue weighted by molar-refractivity contribution is 5.89. The number of hydrogen-bond acceptors (Lipinski definition) is 3. The van der Waals surface area contributed by atoms with Gasteiger partial charge < -0.3 is 20.3 Å². The molecule has 0 bridgehead atoms. The van der Waals surface area contributed by atoms with Crippen LogP contribution < -0.4 is 10.6 Å². The van der Waals surface area contributed by atoms with Gasteiger partial charge in [-0.25, -0.2) is 4.79 Å². The van der Waals surface area contributed by atoms with Crippen LogP contribution in [0.15, 0.2) is 48.5 Å². The molecule has 2 rings (SSSR count). The maximum Gasteiger partial charge on any atom is 0.319 e. The molecule has 5 heteroatoms. The first kappa shape index (κ1) is 18.0. The molecule has 24 heavy (non-hydrogen) atoms. The molecule has 0 heterocycles. The fourth-order valence-corrected chi connectivity index (χ4v) is 2.41. The lowest BCUT2D eigenvalue weighted by atomic mass is 10.1. The van der Waals surface area contributed by atoms with Crippen LogP contribution in [-0.2, 0) is 24.4 Å². The standard InChI is InChI=1S/C19H25N3O2/c1-22(2)13-17-6-4-5-16(11-17)12-20-19(23)21-18-9-7-15(8-10-18)14-24-3/h4-11H,12-14H2,1-3H3,(H2,20,21,23). The Bertz CT molecular complexity index is 654. The lowest BCUT2D eigenvalue weighted by Gasteiger charge is -2.12. The third-order valence-corrected chi connectivity index (χ3v) is 3.47. The van der Waals surface area contributed by atoms with E-state index < -0.39 is 0 Å². The Morgan fingerprint density at radius 2 is 1.75 bits per heavy atom. The summed E-state index contributed by atoms with van der Waals surface area (Å²) in [4.78, 5) is 14.1. The minimum absolute atomic E-state index is 0.215. The number of benzene rings is 2. The normalized spacial score (nSPS) is 10.7. The molecule has 0 unspecified atom stereocenters. The Kier molecular flexibility index (Phi) is 6.78. The summed E-state index contributed by atoms with van der Waals surface area (Å²) in [6.07, 6.45) is 0. The first-order chi connectivity index (χ1) is 11.6. The minimum Gasteiger partial charge on any atom is -0.380 e. The monoisotopic (exact) mass is 327 g/mol. The van der Waals surface area contributed by atoms with Crippen LogP contribution in [0.25, 0.3) is 0 Å². The van der Waals surface area contributed by atoms with Gasteiger partial charge in [-0.15, -0.1) is 0 Å². The van der Waals surface area contributed by atoms with Gasteiger partial charge in [0, 0.05) is 25.9 Å². The van der Waals surface area contributed by atoms with Gasteiger partial charge in [-0.1, -0.05) is 36.4 Å². The number of nitrogens with one attached hydrogen (secondary N) is 2. The molecule has 0 fully saturated rings. The Morgan fingerprint density at radius 3 is 2.42 bits per heavy atom. The summed E-state index contributed by atoms with van der Waals surface area (Å²) in [6, 6.07) is 15.6. The van der Waals surface area contributed by atoms with Crippen LogP contribution in [0.2, 0.25) is 0 Å². The summed E-state index contributed by atoms with van der Waals surface area (Å²) in [7, 11) is 5.74. The molecule has 2 amide bonds. The highest BCUT2D eigenvalue weighted by Crippen LogP contribution is 2.10. The van der Waals surface area contributed by atoms with Crippen LogP contribution in [-0.4, -0.2) is 32.1 Å². The molecule has 128 valence electrons. The first-order valence-corrected chi connectivity index (χ1v) is 7.92. The van der Waals surface area contributed by atoms with Crippen LogP contribution in [0, 0.1) is 0 Å². The van der Waals surface area contributed by atoms with Crippen molar-refractivity contribution in [2.75, 3.05) is 26.5 Å². The molecule has 0 aromatic heterocycles. The van der Waals surface area contributed by atoms with Crippen molar-refractivity contribution in [3.8, 4) is 0 Å². The second kappa shape index (κ2) is 9.05. The van der Waals surface area contributed by atoms with Gasteiger partial charge in [-0.2, -0.15) is 0 Å². The van der Waals surface area contributed by atoms with E-state index in [0.717, 1.165) is 23.4 Å². The van der Waals surface area contributed by atoms with E-state index in [-0.39, 0.29) is 6.03 Å². The van der Waals surface area contributed by atoms with Gasteiger partial charge in [-0.3, -0.25) is 0 Å². The summed E-state index contributed by atoms with van der Waals surface area (Å²) in [6.45, 7) is 1.94. The molecular weight excluding hydrogens is 302 g/mol. The van der Waals surface area contributed by atoms with Crippen molar-refractivity contribution in [3.63, 3.8) is 0 Å². The van der Waals surface area contributed by atoms with E-state index in [9.17, 15) is 4.79 Å². The van der Waals surface area contributed by atoms with Crippen molar-refractivity contribution < 1.29 is 9.53 Å². The van der Waals surface area contributed by atoms with Gasteiger partial charge in [0.05, 0.1) is 6.61 Å².